The van der Waals surface area contributed by atoms with Crippen LogP contribution in [0.3, 0.4) is 0 Å². The molecule has 4 radical (unpaired) electrons. The maximum absolute atomic E-state index is 4.12. The van der Waals surface area contributed by atoms with Gasteiger partial charge in [-0.3, -0.25) is 11.1 Å². The van der Waals surface area contributed by atoms with E-state index in [0.717, 1.165) is 55.2 Å². The Hall–Kier alpha value is -0.524. The summed E-state index contributed by atoms with van der Waals surface area (Å²) in [6.45, 7) is 33.0. The molecule has 0 heterocycles. The Balaban J connectivity index is -0.000000360. The first-order valence-corrected chi connectivity index (χ1v) is 20.8. The fraction of sp³-hybridized carbons (Fsp3) is 0.367. The van der Waals surface area contributed by atoms with Crippen LogP contribution in [0.5, 0.6) is 0 Å². The quantitative estimate of drug-likeness (QED) is 0.169. The van der Waals surface area contributed by atoms with Crippen molar-refractivity contribution in [2.75, 3.05) is 0 Å². The van der Waals surface area contributed by atoms with E-state index < -0.39 is 0 Å². The molecule has 8 rings (SSSR count). The van der Waals surface area contributed by atoms with Gasteiger partial charge in [0.2, 0.25) is 0 Å². The van der Waals surface area contributed by atoms with Gasteiger partial charge in [-0.15, -0.1) is 71.5 Å². The standard InChI is InChI=1S/4C14H16.4CH4.4Y/c1-10-7-8-14(12(3)9-10)13-6-4-5-11(13)2;1-10-7-8-12(3)14(9-10)13-6-4-5-11(13)2;1-11-7-8-14(12(2)9-11)10-13-5-3-4-6-13;1-11-7-8-12(2)14(9-11)10-13-5-3-4-6-13;;;;;;;;/h2*7-9H,2-6H2,1H3;2*7-9H,2-5,10H2,1H3;4*1H4;;;;/q4*-2;;;;;;;;. The van der Waals surface area contributed by atoms with E-state index in [-0.39, 0.29) is 161 Å². The molecule has 0 unspecified atom stereocenters. The molecule has 340 valence electrons. The fourth-order valence-electron chi connectivity index (χ4n) is 8.17. The van der Waals surface area contributed by atoms with E-state index in [0.29, 0.717) is 0 Å². The van der Waals surface area contributed by atoms with Gasteiger partial charge in [0.15, 0.2) is 0 Å². The molecule has 4 aliphatic carbocycles. The summed E-state index contributed by atoms with van der Waals surface area (Å²) in [4.78, 5) is 0. The van der Waals surface area contributed by atoms with Gasteiger partial charge in [0, 0.05) is 131 Å². The van der Waals surface area contributed by atoms with Crippen LogP contribution in [0.15, 0.2) is 95.1 Å². The summed E-state index contributed by atoms with van der Waals surface area (Å²) >= 11 is 0. The topological polar surface area (TPSA) is 0 Å². The Labute approximate surface area is 498 Å². The van der Waals surface area contributed by atoms with E-state index >= 15 is 0 Å². The van der Waals surface area contributed by atoms with Crippen LogP contribution in [-0.4, -0.2) is 0 Å². The maximum Gasteiger partial charge on any atom is 0 e. The summed E-state index contributed by atoms with van der Waals surface area (Å²) in [6.07, 6.45) is 23.5. The second kappa shape index (κ2) is 35.6. The average molecular weight is 1160 g/mol. The Morgan fingerprint density at radius 2 is 0.812 bits per heavy atom. The number of hydrogen-bond donors (Lipinski definition) is 0. The van der Waals surface area contributed by atoms with E-state index in [4.69, 9.17) is 0 Å². The van der Waals surface area contributed by atoms with Crippen LogP contribution < -0.4 is 0 Å². The summed E-state index contributed by atoms with van der Waals surface area (Å²) in [6, 6.07) is 25.9. The van der Waals surface area contributed by atoms with Crippen LogP contribution in [0.4, 0.5) is 0 Å². The number of rotatable bonds is 6. The van der Waals surface area contributed by atoms with Crippen LogP contribution in [-0.2, 0) is 144 Å². The molecule has 0 saturated heterocycles. The SMILES string of the molecule is C.C.C.C.[CH2-]C1=C(c2cc(C)ccc2[CH2-])CCC1.[CH2-]C1=C(c2ccc(C)cc2[CH2-])CCC1.[CH2-]c1cc(C)ccc1CC1=[C-]CCC1.[CH2-]c1ccc(C)cc1CC1=[C-]CCC1.[Y].[Y].[Y].[Y]. The van der Waals surface area contributed by atoms with Gasteiger partial charge >= 0.3 is 0 Å². The molecular formula is C60H80Y4-8. The predicted octanol–water partition coefficient (Wildman–Crippen LogP) is 17.7. The molecule has 0 spiro atoms. The normalized spacial score (nSPS) is 14.0. The summed E-state index contributed by atoms with van der Waals surface area (Å²) < 4.78 is 0. The number of hydrogen-bond acceptors (Lipinski definition) is 0. The van der Waals surface area contributed by atoms with E-state index in [2.05, 4.69) is 154 Å². The first kappa shape index (κ1) is 70.0. The van der Waals surface area contributed by atoms with E-state index in [1.807, 2.05) is 0 Å². The molecule has 64 heavy (non-hydrogen) atoms. The maximum atomic E-state index is 4.12. The van der Waals surface area contributed by atoms with Crippen LogP contribution in [0.25, 0.3) is 11.1 Å². The molecule has 0 amide bonds. The molecule has 4 aliphatic rings. The minimum absolute atomic E-state index is 0. The molecule has 0 N–H and O–H groups in total. The Bertz CT molecular complexity index is 2110. The molecule has 0 aromatic heterocycles. The van der Waals surface area contributed by atoms with E-state index in [1.54, 1.807) is 0 Å². The third kappa shape index (κ3) is 21.8. The van der Waals surface area contributed by atoms with Crippen molar-refractivity contribution in [3.8, 4) is 0 Å². The third-order valence-electron chi connectivity index (χ3n) is 11.4. The zero-order chi connectivity index (χ0) is 40.2. The number of aryl methyl sites for hydroxylation is 4. The van der Waals surface area contributed by atoms with Crippen molar-refractivity contribution in [1.29, 1.82) is 0 Å². The molecule has 0 atom stereocenters. The Morgan fingerprint density at radius 3 is 1.27 bits per heavy atom. The Morgan fingerprint density at radius 1 is 0.391 bits per heavy atom. The predicted molar refractivity (Wildman–Crippen MR) is 270 cm³/mol. The monoisotopic (exact) mass is 1160 g/mol. The molecule has 4 aromatic rings. The molecule has 0 aliphatic heterocycles. The van der Waals surface area contributed by atoms with E-state index in [1.165, 1.54) is 135 Å². The van der Waals surface area contributed by atoms with Gasteiger partial charge in [0.1, 0.15) is 0 Å². The molecule has 0 nitrogen and oxygen atoms in total. The van der Waals surface area contributed by atoms with Gasteiger partial charge in [0.25, 0.3) is 0 Å². The van der Waals surface area contributed by atoms with Crippen molar-refractivity contribution in [2.45, 2.75) is 147 Å². The van der Waals surface area contributed by atoms with E-state index in [9.17, 15) is 0 Å². The number of allylic oxidation sites excluding steroid dienone is 8. The summed E-state index contributed by atoms with van der Waals surface area (Å²) in [5.41, 5.74) is 23.6. The number of benzene rings is 4. The Kier molecular flexibility index (Phi) is 38.9. The van der Waals surface area contributed by atoms with Crippen LogP contribution in [0.2, 0.25) is 0 Å². The van der Waals surface area contributed by atoms with Gasteiger partial charge in [-0.2, -0.15) is 75.9 Å². The molecule has 0 fully saturated rings. The zero-order valence-corrected chi connectivity index (χ0v) is 48.7. The average Bonchev–Trinajstić information content (AvgIpc) is 4.01. The third-order valence-corrected chi connectivity index (χ3v) is 11.4. The minimum Gasteiger partial charge on any atom is -0.498 e. The second-order valence-corrected chi connectivity index (χ2v) is 16.4. The van der Waals surface area contributed by atoms with Gasteiger partial charge in [-0.25, -0.2) is 58.4 Å². The van der Waals surface area contributed by atoms with Crippen molar-refractivity contribution >= 4 is 11.1 Å². The fourth-order valence-corrected chi connectivity index (χ4v) is 8.17. The van der Waals surface area contributed by atoms with Crippen molar-refractivity contribution in [2.24, 2.45) is 0 Å². The van der Waals surface area contributed by atoms with Gasteiger partial charge in [0.05, 0.1) is 0 Å². The first-order chi connectivity index (χ1) is 26.9. The summed E-state index contributed by atoms with van der Waals surface area (Å²) in [7, 11) is 0. The molecule has 4 heteroatoms. The van der Waals surface area contributed by atoms with Crippen LogP contribution in [0, 0.1) is 81.4 Å². The van der Waals surface area contributed by atoms with Crippen LogP contribution in [0.1, 0.15) is 174 Å². The zero-order valence-electron chi connectivity index (χ0n) is 37.4. The second-order valence-electron chi connectivity index (χ2n) is 16.4. The van der Waals surface area contributed by atoms with Gasteiger partial charge < -0.3 is 12.2 Å². The largest absolute Gasteiger partial charge is 0.498 e. The summed E-state index contributed by atoms with van der Waals surface area (Å²) in [5, 5.41) is 0. The van der Waals surface area contributed by atoms with Crippen molar-refractivity contribution in [3.05, 3.63) is 216 Å². The van der Waals surface area contributed by atoms with Crippen molar-refractivity contribution in [3.63, 3.8) is 0 Å². The molecule has 0 bridgehead atoms. The first-order valence-electron chi connectivity index (χ1n) is 20.8. The van der Waals surface area contributed by atoms with Crippen molar-refractivity contribution in [1.82, 2.24) is 0 Å². The van der Waals surface area contributed by atoms with Gasteiger partial charge in [-0.1, -0.05) is 131 Å². The smallest absolute Gasteiger partial charge is 0 e. The molecule has 0 saturated carbocycles. The minimum atomic E-state index is 0. The van der Waals surface area contributed by atoms with Crippen molar-refractivity contribution < 1.29 is 131 Å². The van der Waals surface area contributed by atoms with Gasteiger partial charge in [-0.05, 0) is 13.8 Å². The molecular weight excluding hydrogens is 1080 g/mol. The molecule has 4 aromatic carbocycles. The van der Waals surface area contributed by atoms with Crippen LogP contribution >= 0.6 is 0 Å². The summed E-state index contributed by atoms with van der Waals surface area (Å²) in [5.74, 6) is 0.